The van der Waals surface area contributed by atoms with Crippen LogP contribution in [0.3, 0.4) is 0 Å². The van der Waals surface area contributed by atoms with E-state index < -0.39 is 0 Å². The van der Waals surface area contributed by atoms with Crippen molar-refractivity contribution in [2.75, 3.05) is 0 Å². The first-order chi connectivity index (χ1) is 11.6. The second-order valence-corrected chi connectivity index (χ2v) is 7.01. The molecule has 128 valence electrons. The molecular formula is C17H21N3O3S. The molecule has 2 amide bonds. The summed E-state index contributed by atoms with van der Waals surface area (Å²) in [5, 5.41) is 5.69. The lowest BCUT2D eigenvalue weighted by Crippen LogP contribution is -2.45. The van der Waals surface area contributed by atoms with E-state index in [2.05, 4.69) is 10.3 Å². The van der Waals surface area contributed by atoms with E-state index in [0.717, 1.165) is 48.4 Å². The van der Waals surface area contributed by atoms with E-state index in [-0.39, 0.29) is 30.2 Å². The van der Waals surface area contributed by atoms with Gasteiger partial charge in [0.25, 0.3) is 0 Å². The lowest BCUT2D eigenvalue weighted by molar-refractivity contribution is -0.125. The van der Waals surface area contributed by atoms with E-state index >= 15 is 0 Å². The van der Waals surface area contributed by atoms with Crippen molar-refractivity contribution in [3.63, 3.8) is 0 Å². The Balaban J connectivity index is 1.61. The number of carbonyl (C=O) groups excluding carboxylic acids is 2. The minimum absolute atomic E-state index is 0.114. The van der Waals surface area contributed by atoms with Crippen molar-refractivity contribution in [3.05, 3.63) is 29.7 Å². The van der Waals surface area contributed by atoms with Crippen molar-refractivity contribution in [3.8, 4) is 10.6 Å². The zero-order valence-corrected chi connectivity index (χ0v) is 14.2. The van der Waals surface area contributed by atoms with Gasteiger partial charge in [0.15, 0.2) is 0 Å². The molecule has 1 saturated carbocycles. The lowest BCUT2D eigenvalue weighted by atomic mass is 9.94. The summed E-state index contributed by atoms with van der Waals surface area (Å²) in [5.41, 5.74) is 7.13. The summed E-state index contributed by atoms with van der Waals surface area (Å²) in [7, 11) is 0. The molecule has 24 heavy (non-hydrogen) atoms. The number of hydrogen-bond donors (Lipinski definition) is 2. The minimum atomic E-state index is -0.321. The van der Waals surface area contributed by atoms with Gasteiger partial charge < -0.3 is 15.5 Å². The Morgan fingerprint density at radius 2 is 2.17 bits per heavy atom. The quantitative estimate of drug-likeness (QED) is 0.812. The number of rotatable bonds is 5. The molecule has 2 atom stereocenters. The molecule has 3 N–H and O–H groups in total. The van der Waals surface area contributed by atoms with Gasteiger partial charge in [0, 0.05) is 17.0 Å². The standard InChI is InChI=1S/C17H21N3O3S/c18-16(22)13-4-2-1-3-5-14(13)20-15(21)8-12-10-24-17(19-12)11-6-7-23-9-11/h6-7,9-10,13-14H,1-5,8H2,(H2,18,22)(H,20,21)/t13-,14-/m0/s1. The fourth-order valence-corrected chi connectivity index (χ4v) is 3.96. The number of carbonyl (C=O) groups is 2. The summed E-state index contributed by atoms with van der Waals surface area (Å²) in [6.45, 7) is 0. The number of nitrogens with two attached hydrogens (primary N) is 1. The number of thiazole rings is 1. The first-order valence-electron chi connectivity index (χ1n) is 8.19. The van der Waals surface area contributed by atoms with Crippen molar-refractivity contribution >= 4 is 23.2 Å². The molecule has 1 aliphatic rings. The van der Waals surface area contributed by atoms with Crippen molar-refractivity contribution in [2.24, 2.45) is 11.7 Å². The van der Waals surface area contributed by atoms with Crippen molar-refractivity contribution < 1.29 is 14.0 Å². The summed E-state index contributed by atoms with van der Waals surface area (Å²) in [6, 6.07) is 1.68. The summed E-state index contributed by atoms with van der Waals surface area (Å²) in [4.78, 5) is 28.4. The summed E-state index contributed by atoms with van der Waals surface area (Å²) in [6.07, 6.45) is 8.06. The molecule has 6 nitrogen and oxygen atoms in total. The molecular weight excluding hydrogens is 326 g/mol. The third-order valence-electron chi connectivity index (χ3n) is 4.39. The molecule has 2 heterocycles. The number of furan rings is 1. The third-order valence-corrected chi connectivity index (χ3v) is 5.33. The van der Waals surface area contributed by atoms with E-state index in [9.17, 15) is 9.59 Å². The van der Waals surface area contributed by atoms with Crippen LogP contribution in [0.1, 0.15) is 37.8 Å². The van der Waals surface area contributed by atoms with Crippen LogP contribution in [0.4, 0.5) is 0 Å². The van der Waals surface area contributed by atoms with Crippen LogP contribution in [-0.4, -0.2) is 22.8 Å². The van der Waals surface area contributed by atoms with Gasteiger partial charge >= 0.3 is 0 Å². The lowest BCUT2D eigenvalue weighted by Gasteiger charge is -2.23. The highest BCUT2D eigenvalue weighted by Crippen LogP contribution is 2.25. The van der Waals surface area contributed by atoms with Crippen molar-refractivity contribution in [1.82, 2.24) is 10.3 Å². The highest BCUT2D eigenvalue weighted by molar-refractivity contribution is 7.13. The van der Waals surface area contributed by atoms with Crippen LogP contribution in [0.5, 0.6) is 0 Å². The molecule has 0 saturated heterocycles. The second-order valence-electron chi connectivity index (χ2n) is 6.15. The number of primary amides is 1. The van der Waals surface area contributed by atoms with Crippen LogP contribution >= 0.6 is 11.3 Å². The molecule has 7 heteroatoms. The van der Waals surface area contributed by atoms with Crippen LogP contribution < -0.4 is 11.1 Å². The fourth-order valence-electron chi connectivity index (χ4n) is 3.15. The van der Waals surface area contributed by atoms with E-state index in [0.29, 0.717) is 0 Å². The Bertz CT molecular complexity index is 696. The van der Waals surface area contributed by atoms with Crippen LogP contribution in [0.15, 0.2) is 28.4 Å². The maximum absolute atomic E-state index is 12.3. The average Bonchev–Trinajstić information content (AvgIpc) is 3.16. The molecule has 0 radical (unpaired) electrons. The van der Waals surface area contributed by atoms with Crippen LogP contribution in [0, 0.1) is 5.92 Å². The van der Waals surface area contributed by atoms with Crippen LogP contribution in [-0.2, 0) is 16.0 Å². The molecule has 3 rings (SSSR count). The van der Waals surface area contributed by atoms with E-state index in [1.165, 1.54) is 11.3 Å². The predicted molar refractivity (Wildman–Crippen MR) is 91.2 cm³/mol. The maximum Gasteiger partial charge on any atom is 0.226 e. The van der Waals surface area contributed by atoms with Crippen LogP contribution in [0.2, 0.25) is 0 Å². The molecule has 0 aliphatic heterocycles. The van der Waals surface area contributed by atoms with E-state index in [1.54, 1.807) is 12.5 Å². The van der Waals surface area contributed by atoms with E-state index in [1.807, 2.05) is 11.4 Å². The first kappa shape index (κ1) is 16.7. The number of amides is 2. The Kier molecular flexibility index (Phi) is 5.30. The Morgan fingerprint density at radius 3 is 2.92 bits per heavy atom. The summed E-state index contributed by atoms with van der Waals surface area (Å²) < 4.78 is 5.05. The van der Waals surface area contributed by atoms with Gasteiger partial charge in [-0.2, -0.15) is 0 Å². The molecule has 0 aromatic carbocycles. The van der Waals surface area contributed by atoms with Gasteiger partial charge in [-0.15, -0.1) is 11.3 Å². The second kappa shape index (κ2) is 7.61. The molecule has 1 fully saturated rings. The predicted octanol–water partition coefficient (Wildman–Crippen LogP) is 2.50. The minimum Gasteiger partial charge on any atom is -0.472 e. The number of aromatic nitrogens is 1. The van der Waals surface area contributed by atoms with Crippen LogP contribution in [0.25, 0.3) is 10.6 Å². The van der Waals surface area contributed by atoms with Gasteiger partial charge in [0.05, 0.1) is 24.3 Å². The van der Waals surface area contributed by atoms with Crippen molar-refractivity contribution in [2.45, 2.75) is 44.6 Å². The molecule has 1 aliphatic carbocycles. The highest BCUT2D eigenvalue weighted by atomic mass is 32.1. The van der Waals surface area contributed by atoms with Gasteiger partial charge in [0.2, 0.25) is 11.8 Å². The zero-order chi connectivity index (χ0) is 16.9. The Hall–Kier alpha value is -2.15. The first-order valence-corrected chi connectivity index (χ1v) is 9.07. The van der Waals surface area contributed by atoms with Gasteiger partial charge in [-0.1, -0.05) is 19.3 Å². The molecule has 2 aromatic heterocycles. The average molecular weight is 347 g/mol. The van der Waals surface area contributed by atoms with Gasteiger partial charge in [0.1, 0.15) is 11.3 Å². The number of hydrogen-bond acceptors (Lipinski definition) is 5. The normalized spacial score (nSPS) is 21.2. The third kappa shape index (κ3) is 4.03. The van der Waals surface area contributed by atoms with Crippen molar-refractivity contribution in [1.29, 1.82) is 0 Å². The molecule has 0 spiro atoms. The van der Waals surface area contributed by atoms with Gasteiger partial charge in [-0.25, -0.2) is 4.98 Å². The topological polar surface area (TPSA) is 98.2 Å². The fraction of sp³-hybridized carbons (Fsp3) is 0.471. The SMILES string of the molecule is NC(=O)[C@H]1CCCCC[C@@H]1NC(=O)Cc1csc(-c2ccoc2)n1. The monoisotopic (exact) mass is 347 g/mol. The zero-order valence-electron chi connectivity index (χ0n) is 13.4. The van der Waals surface area contributed by atoms with Gasteiger partial charge in [-0.3, -0.25) is 9.59 Å². The highest BCUT2D eigenvalue weighted by Gasteiger charge is 2.29. The molecule has 2 aromatic rings. The Labute approximate surface area is 144 Å². The molecule has 0 unspecified atom stereocenters. The number of nitrogens with one attached hydrogen (secondary N) is 1. The molecule has 0 bridgehead atoms. The largest absolute Gasteiger partial charge is 0.472 e. The smallest absolute Gasteiger partial charge is 0.226 e. The summed E-state index contributed by atoms with van der Waals surface area (Å²) >= 11 is 1.48. The Morgan fingerprint density at radius 1 is 1.33 bits per heavy atom. The van der Waals surface area contributed by atoms with Gasteiger partial charge in [-0.05, 0) is 18.9 Å². The number of nitrogens with zero attached hydrogens (tertiary/aromatic N) is 1. The maximum atomic E-state index is 12.3. The van der Waals surface area contributed by atoms with E-state index in [4.69, 9.17) is 10.2 Å². The summed E-state index contributed by atoms with van der Waals surface area (Å²) in [5.74, 6) is -0.705.